The van der Waals surface area contributed by atoms with Crippen LogP contribution < -0.4 is 16.0 Å². The lowest BCUT2D eigenvalue weighted by Gasteiger charge is -2.11. The number of benzene rings is 2. The van der Waals surface area contributed by atoms with Crippen molar-refractivity contribution in [2.24, 2.45) is 14.1 Å². The Morgan fingerprint density at radius 3 is 2.30 bits per heavy atom. The van der Waals surface area contributed by atoms with Crippen LogP contribution >= 0.6 is 34.8 Å². The molecule has 154 valence electrons. The number of ether oxygens (including phenoxy) is 1. The lowest BCUT2D eigenvalue weighted by molar-refractivity contribution is 0.421. The summed E-state index contributed by atoms with van der Waals surface area (Å²) in [7, 11) is 2.96. The third-order valence-corrected chi connectivity index (χ3v) is 5.46. The third kappa shape index (κ3) is 3.60. The number of hydrogen-bond donors (Lipinski definition) is 0. The fourth-order valence-corrected chi connectivity index (χ4v) is 3.52. The molecule has 0 saturated heterocycles. The number of aromatic nitrogens is 4. The molecule has 2 aromatic carbocycles. The SMILES string of the molecule is Cn1c(=O)c2c(nc(Oc3cc(Cl)ccc3Cl)n2Cc2ccc(Cl)cc2)n(C)c1=O. The van der Waals surface area contributed by atoms with Crippen LogP contribution in [0.4, 0.5) is 0 Å². The highest BCUT2D eigenvalue weighted by Gasteiger charge is 2.21. The van der Waals surface area contributed by atoms with Gasteiger partial charge in [-0.15, -0.1) is 0 Å². The van der Waals surface area contributed by atoms with E-state index in [9.17, 15) is 9.59 Å². The fourth-order valence-electron chi connectivity index (χ4n) is 3.08. The van der Waals surface area contributed by atoms with Crippen LogP contribution in [-0.4, -0.2) is 18.7 Å². The quantitative estimate of drug-likeness (QED) is 0.452. The first-order valence-electron chi connectivity index (χ1n) is 8.80. The highest BCUT2D eigenvalue weighted by atomic mass is 35.5. The minimum absolute atomic E-state index is 0.0995. The van der Waals surface area contributed by atoms with Gasteiger partial charge in [-0.3, -0.25) is 18.5 Å². The molecule has 0 radical (unpaired) electrons. The second-order valence-electron chi connectivity index (χ2n) is 6.66. The van der Waals surface area contributed by atoms with Gasteiger partial charge in [0, 0.05) is 30.2 Å². The van der Waals surface area contributed by atoms with E-state index in [-0.39, 0.29) is 29.5 Å². The van der Waals surface area contributed by atoms with Crippen LogP contribution in [0.25, 0.3) is 11.2 Å². The van der Waals surface area contributed by atoms with E-state index in [4.69, 9.17) is 39.5 Å². The van der Waals surface area contributed by atoms with E-state index < -0.39 is 11.2 Å². The van der Waals surface area contributed by atoms with Crippen LogP contribution in [0, 0.1) is 0 Å². The summed E-state index contributed by atoms with van der Waals surface area (Å²) >= 11 is 18.3. The Hall–Kier alpha value is -2.74. The lowest BCUT2D eigenvalue weighted by atomic mass is 10.2. The van der Waals surface area contributed by atoms with E-state index in [1.54, 1.807) is 41.9 Å². The molecule has 0 aliphatic heterocycles. The Labute approximate surface area is 185 Å². The van der Waals surface area contributed by atoms with Gasteiger partial charge in [0.05, 0.1) is 11.6 Å². The number of hydrogen-bond acceptors (Lipinski definition) is 4. The summed E-state index contributed by atoms with van der Waals surface area (Å²) < 4.78 is 9.85. The van der Waals surface area contributed by atoms with Gasteiger partial charge in [-0.1, -0.05) is 46.9 Å². The maximum atomic E-state index is 12.9. The molecule has 4 aromatic rings. The fraction of sp³-hybridized carbons (Fsp3) is 0.150. The molecule has 0 unspecified atom stereocenters. The molecule has 4 rings (SSSR count). The van der Waals surface area contributed by atoms with E-state index in [0.717, 1.165) is 10.1 Å². The van der Waals surface area contributed by atoms with E-state index in [2.05, 4.69) is 4.98 Å². The van der Waals surface area contributed by atoms with E-state index in [1.165, 1.54) is 11.6 Å². The zero-order valence-corrected chi connectivity index (χ0v) is 18.2. The van der Waals surface area contributed by atoms with Gasteiger partial charge < -0.3 is 4.74 Å². The summed E-state index contributed by atoms with van der Waals surface area (Å²) in [6, 6.07) is 12.0. The number of halogens is 3. The van der Waals surface area contributed by atoms with E-state index in [0.29, 0.717) is 15.1 Å². The summed E-state index contributed by atoms with van der Waals surface area (Å²) in [5, 5.41) is 1.35. The predicted octanol–water partition coefficient (Wildman–Crippen LogP) is 4.23. The van der Waals surface area contributed by atoms with E-state index in [1.807, 2.05) is 12.1 Å². The van der Waals surface area contributed by atoms with Gasteiger partial charge in [-0.2, -0.15) is 4.98 Å². The van der Waals surface area contributed by atoms with Gasteiger partial charge in [-0.25, -0.2) is 4.79 Å². The maximum Gasteiger partial charge on any atom is 0.332 e. The van der Waals surface area contributed by atoms with Gasteiger partial charge in [0.1, 0.15) is 0 Å². The molecule has 10 heteroatoms. The number of rotatable bonds is 4. The average Bonchev–Trinajstić information content (AvgIpc) is 3.07. The molecule has 2 heterocycles. The van der Waals surface area contributed by atoms with E-state index >= 15 is 0 Å². The third-order valence-electron chi connectivity index (χ3n) is 4.66. The van der Waals surface area contributed by atoms with Gasteiger partial charge in [0.2, 0.25) is 0 Å². The molecule has 30 heavy (non-hydrogen) atoms. The normalized spacial score (nSPS) is 11.2. The van der Waals surface area contributed by atoms with Crippen LogP contribution in [0.2, 0.25) is 15.1 Å². The minimum atomic E-state index is -0.490. The van der Waals surface area contributed by atoms with Crippen molar-refractivity contribution < 1.29 is 4.74 Å². The molecule has 0 fully saturated rings. The summed E-state index contributed by atoms with van der Waals surface area (Å²) in [6.07, 6.45) is 0. The Kier molecular flexibility index (Phi) is 5.36. The molecule has 0 saturated carbocycles. The molecule has 0 atom stereocenters. The Balaban J connectivity index is 1.96. The largest absolute Gasteiger partial charge is 0.424 e. The first kappa shape index (κ1) is 20.5. The second kappa shape index (κ2) is 7.83. The molecular weight excluding hydrogens is 451 g/mol. The lowest BCUT2D eigenvalue weighted by Crippen LogP contribution is -2.37. The van der Waals surface area contributed by atoms with Crippen LogP contribution in [0.3, 0.4) is 0 Å². The van der Waals surface area contributed by atoms with Crippen molar-refractivity contribution in [1.82, 2.24) is 18.7 Å². The topological polar surface area (TPSA) is 71.1 Å². The zero-order chi connectivity index (χ0) is 21.6. The van der Waals surface area contributed by atoms with Crippen molar-refractivity contribution in [3.05, 3.63) is 83.9 Å². The van der Waals surface area contributed by atoms with Crippen molar-refractivity contribution in [1.29, 1.82) is 0 Å². The molecule has 7 nitrogen and oxygen atoms in total. The minimum Gasteiger partial charge on any atom is -0.424 e. The number of nitrogens with zero attached hydrogens (tertiary/aromatic N) is 4. The van der Waals surface area contributed by atoms with Gasteiger partial charge in [-0.05, 0) is 29.8 Å². The smallest absolute Gasteiger partial charge is 0.332 e. The number of aryl methyl sites for hydroxylation is 1. The van der Waals surface area contributed by atoms with Crippen molar-refractivity contribution >= 4 is 46.0 Å². The van der Waals surface area contributed by atoms with Gasteiger partial charge in [0.25, 0.3) is 5.56 Å². The summed E-state index contributed by atoms with van der Waals surface area (Å²) in [5.41, 5.74) is 0.308. The van der Waals surface area contributed by atoms with Crippen LogP contribution in [-0.2, 0) is 20.6 Å². The molecule has 0 aliphatic rings. The second-order valence-corrected chi connectivity index (χ2v) is 7.94. The van der Waals surface area contributed by atoms with Crippen LogP contribution in [0.5, 0.6) is 11.8 Å². The number of fused-ring (bicyclic) bond motifs is 1. The van der Waals surface area contributed by atoms with Crippen molar-refractivity contribution in [3.63, 3.8) is 0 Å². The van der Waals surface area contributed by atoms with Crippen LogP contribution in [0.1, 0.15) is 5.56 Å². The summed E-state index contributed by atoms with van der Waals surface area (Å²) in [6.45, 7) is 0.259. The van der Waals surface area contributed by atoms with Gasteiger partial charge in [0.15, 0.2) is 16.9 Å². The maximum absolute atomic E-state index is 12.9. The highest BCUT2D eigenvalue weighted by molar-refractivity contribution is 6.34. The summed E-state index contributed by atoms with van der Waals surface area (Å²) in [5.74, 6) is 0.277. The zero-order valence-electron chi connectivity index (χ0n) is 15.9. The standard InChI is InChI=1S/C20H15Cl3N4O3/c1-25-17-16(18(28)26(2)20(25)29)27(10-11-3-5-12(21)6-4-11)19(24-17)30-15-9-13(22)7-8-14(15)23/h3-9H,10H2,1-2H3. The molecular formula is C20H15Cl3N4O3. The van der Waals surface area contributed by atoms with Crippen molar-refractivity contribution in [3.8, 4) is 11.8 Å². The molecule has 0 N–H and O–H groups in total. The monoisotopic (exact) mass is 464 g/mol. The predicted molar refractivity (Wildman–Crippen MR) is 117 cm³/mol. The molecule has 0 spiro atoms. The van der Waals surface area contributed by atoms with Crippen LogP contribution in [0.15, 0.2) is 52.1 Å². The van der Waals surface area contributed by atoms with Crippen molar-refractivity contribution in [2.75, 3.05) is 0 Å². The Morgan fingerprint density at radius 1 is 0.933 bits per heavy atom. The molecule has 2 aromatic heterocycles. The Morgan fingerprint density at radius 2 is 1.60 bits per heavy atom. The molecule has 0 bridgehead atoms. The first-order chi connectivity index (χ1) is 14.3. The van der Waals surface area contributed by atoms with Crippen molar-refractivity contribution in [2.45, 2.75) is 6.54 Å². The average molecular weight is 466 g/mol. The molecule has 0 amide bonds. The first-order valence-corrected chi connectivity index (χ1v) is 9.93. The summed E-state index contributed by atoms with van der Waals surface area (Å²) in [4.78, 5) is 29.7. The highest BCUT2D eigenvalue weighted by Crippen LogP contribution is 2.32. The molecule has 0 aliphatic carbocycles. The van der Waals surface area contributed by atoms with Gasteiger partial charge >= 0.3 is 11.7 Å². The Bertz CT molecular complexity index is 1390. The number of imidazole rings is 1.